The molecule has 0 bridgehead atoms. The van der Waals surface area contributed by atoms with Crippen molar-refractivity contribution in [3.8, 4) is 0 Å². The molecule has 0 heterocycles. The Morgan fingerprint density at radius 1 is 1.24 bits per heavy atom. The quantitative estimate of drug-likeness (QED) is 0.811. The lowest BCUT2D eigenvalue weighted by Crippen LogP contribution is -2.15. The zero-order valence-corrected chi connectivity index (χ0v) is 9.95. The van der Waals surface area contributed by atoms with Crippen LogP contribution in [-0.2, 0) is 0 Å². The van der Waals surface area contributed by atoms with Gasteiger partial charge in [0.15, 0.2) is 5.78 Å². The highest BCUT2D eigenvalue weighted by Gasteiger charge is 2.16. The molecule has 1 aromatic rings. The molecule has 1 aliphatic rings. The number of allylic oxidation sites excluding steroid dienone is 4. The zero-order chi connectivity index (χ0) is 12.3. The number of carbonyl (C=O) groups is 1. The van der Waals surface area contributed by atoms with Gasteiger partial charge in [-0.3, -0.25) is 4.79 Å². The first-order valence-corrected chi connectivity index (χ1v) is 5.76. The molecule has 1 atom stereocenters. The van der Waals surface area contributed by atoms with E-state index in [4.69, 9.17) is 17.0 Å². The van der Waals surface area contributed by atoms with E-state index in [2.05, 4.69) is 0 Å². The summed E-state index contributed by atoms with van der Waals surface area (Å²) >= 11 is 5.77. The van der Waals surface area contributed by atoms with Gasteiger partial charge in [0.05, 0.1) is 0 Å². The SMILES string of the molecule is N=C1C=CC=CC1CC(=O)c1ccc(Cl)cc1. The van der Waals surface area contributed by atoms with Crippen LogP contribution in [0.15, 0.2) is 48.6 Å². The van der Waals surface area contributed by atoms with E-state index in [0.717, 1.165) is 0 Å². The van der Waals surface area contributed by atoms with Gasteiger partial charge in [0, 0.05) is 28.6 Å². The van der Waals surface area contributed by atoms with Crippen LogP contribution in [0.2, 0.25) is 5.02 Å². The molecule has 0 amide bonds. The Morgan fingerprint density at radius 3 is 2.59 bits per heavy atom. The van der Waals surface area contributed by atoms with Crippen molar-refractivity contribution in [1.29, 1.82) is 5.41 Å². The topological polar surface area (TPSA) is 40.9 Å². The van der Waals surface area contributed by atoms with Gasteiger partial charge in [-0.15, -0.1) is 0 Å². The molecule has 1 N–H and O–H groups in total. The Kier molecular flexibility index (Phi) is 3.55. The number of Topliss-reactive ketones (excluding diaryl/α,β-unsaturated/α-hetero) is 1. The van der Waals surface area contributed by atoms with Crippen molar-refractivity contribution in [2.75, 3.05) is 0 Å². The molecule has 0 saturated heterocycles. The number of nitrogens with one attached hydrogen (secondary N) is 1. The maximum atomic E-state index is 12.0. The van der Waals surface area contributed by atoms with E-state index in [0.29, 0.717) is 22.7 Å². The van der Waals surface area contributed by atoms with Crippen molar-refractivity contribution in [2.45, 2.75) is 6.42 Å². The van der Waals surface area contributed by atoms with Gasteiger partial charge < -0.3 is 5.41 Å². The summed E-state index contributed by atoms with van der Waals surface area (Å²) in [7, 11) is 0. The fourth-order valence-electron chi connectivity index (χ4n) is 1.72. The smallest absolute Gasteiger partial charge is 0.163 e. The van der Waals surface area contributed by atoms with Crippen LogP contribution < -0.4 is 0 Å². The molecule has 0 aromatic heterocycles. The number of carbonyl (C=O) groups excluding carboxylic acids is 1. The van der Waals surface area contributed by atoms with Crippen molar-refractivity contribution in [3.63, 3.8) is 0 Å². The molecule has 0 aliphatic heterocycles. The molecule has 2 rings (SSSR count). The molecular weight excluding hydrogens is 234 g/mol. The summed E-state index contributed by atoms with van der Waals surface area (Å²) in [6, 6.07) is 6.85. The van der Waals surface area contributed by atoms with Crippen LogP contribution in [0.1, 0.15) is 16.8 Å². The van der Waals surface area contributed by atoms with E-state index < -0.39 is 0 Å². The fraction of sp³-hybridized carbons (Fsp3) is 0.143. The highest BCUT2D eigenvalue weighted by Crippen LogP contribution is 2.17. The van der Waals surface area contributed by atoms with E-state index >= 15 is 0 Å². The number of halogens is 1. The van der Waals surface area contributed by atoms with E-state index in [9.17, 15) is 4.79 Å². The van der Waals surface area contributed by atoms with E-state index in [1.54, 1.807) is 30.3 Å². The molecule has 1 aromatic carbocycles. The van der Waals surface area contributed by atoms with Gasteiger partial charge >= 0.3 is 0 Å². The van der Waals surface area contributed by atoms with Crippen LogP contribution in [0.5, 0.6) is 0 Å². The standard InChI is InChI=1S/C14H12ClNO/c15-12-7-5-10(6-8-12)14(17)9-11-3-1-2-4-13(11)16/h1-8,11,16H,9H2. The van der Waals surface area contributed by atoms with Gasteiger partial charge in [-0.05, 0) is 30.3 Å². The monoisotopic (exact) mass is 245 g/mol. The second-order valence-electron chi connectivity index (χ2n) is 3.94. The number of hydrogen-bond acceptors (Lipinski definition) is 2. The van der Waals surface area contributed by atoms with Gasteiger partial charge in [-0.1, -0.05) is 29.8 Å². The Morgan fingerprint density at radius 2 is 1.94 bits per heavy atom. The van der Waals surface area contributed by atoms with E-state index in [-0.39, 0.29) is 11.7 Å². The lowest BCUT2D eigenvalue weighted by Gasteiger charge is -2.13. The average molecular weight is 246 g/mol. The van der Waals surface area contributed by atoms with Gasteiger partial charge in [-0.2, -0.15) is 0 Å². The van der Waals surface area contributed by atoms with Crippen molar-refractivity contribution in [3.05, 3.63) is 59.2 Å². The molecular formula is C14H12ClNO. The second kappa shape index (κ2) is 5.11. The molecule has 86 valence electrons. The third-order valence-electron chi connectivity index (χ3n) is 2.70. The predicted octanol–water partition coefficient (Wildman–Crippen LogP) is 3.67. The number of hydrogen-bond donors (Lipinski definition) is 1. The normalized spacial score (nSPS) is 18.4. The van der Waals surface area contributed by atoms with Gasteiger partial charge in [-0.25, -0.2) is 0 Å². The lowest BCUT2D eigenvalue weighted by molar-refractivity contribution is 0.0977. The Balaban J connectivity index is 2.07. The molecule has 3 heteroatoms. The Bertz CT molecular complexity index is 499. The third-order valence-corrected chi connectivity index (χ3v) is 2.95. The highest BCUT2D eigenvalue weighted by molar-refractivity contribution is 6.30. The lowest BCUT2D eigenvalue weighted by atomic mass is 9.91. The summed E-state index contributed by atoms with van der Waals surface area (Å²) in [5, 5.41) is 8.34. The van der Waals surface area contributed by atoms with Crippen molar-refractivity contribution in [2.24, 2.45) is 5.92 Å². The van der Waals surface area contributed by atoms with Crippen molar-refractivity contribution >= 4 is 23.1 Å². The molecule has 1 unspecified atom stereocenters. The summed E-state index contributed by atoms with van der Waals surface area (Å²) < 4.78 is 0. The summed E-state index contributed by atoms with van der Waals surface area (Å²) in [4.78, 5) is 12.0. The van der Waals surface area contributed by atoms with Crippen LogP contribution in [0.3, 0.4) is 0 Å². The van der Waals surface area contributed by atoms with E-state index in [1.165, 1.54) is 0 Å². The minimum Gasteiger partial charge on any atom is -0.305 e. The summed E-state index contributed by atoms with van der Waals surface area (Å²) in [5.74, 6) is -0.0699. The zero-order valence-electron chi connectivity index (χ0n) is 9.19. The van der Waals surface area contributed by atoms with Crippen molar-refractivity contribution in [1.82, 2.24) is 0 Å². The highest BCUT2D eigenvalue weighted by atomic mass is 35.5. The minimum absolute atomic E-state index is 0.0383. The first-order valence-electron chi connectivity index (χ1n) is 5.39. The minimum atomic E-state index is -0.108. The van der Waals surface area contributed by atoms with Crippen LogP contribution >= 0.6 is 11.6 Å². The van der Waals surface area contributed by atoms with Gasteiger partial charge in [0.25, 0.3) is 0 Å². The van der Waals surface area contributed by atoms with Gasteiger partial charge in [0.2, 0.25) is 0 Å². The van der Waals surface area contributed by atoms with E-state index in [1.807, 2.05) is 18.2 Å². The molecule has 2 nitrogen and oxygen atoms in total. The molecule has 0 spiro atoms. The molecule has 1 aliphatic carbocycles. The number of ketones is 1. The molecule has 0 saturated carbocycles. The van der Waals surface area contributed by atoms with Crippen molar-refractivity contribution < 1.29 is 4.79 Å². The molecule has 17 heavy (non-hydrogen) atoms. The average Bonchev–Trinajstić information content (AvgIpc) is 2.33. The maximum Gasteiger partial charge on any atom is 0.163 e. The Labute approximate surface area is 105 Å². The van der Waals surface area contributed by atoms with Crippen LogP contribution in [0.25, 0.3) is 0 Å². The van der Waals surface area contributed by atoms with Crippen LogP contribution in [0.4, 0.5) is 0 Å². The second-order valence-corrected chi connectivity index (χ2v) is 4.38. The third kappa shape index (κ3) is 2.92. The van der Waals surface area contributed by atoms with Crippen LogP contribution in [0, 0.1) is 11.3 Å². The predicted molar refractivity (Wildman–Crippen MR) is 69.9 cm³/mol. The van der Waals surface area contributed by atoms with Crippen LogP contribution in [-0.4, -0.2) is 11.5 Å². The fourth-order valence-corrected chi connectivity index (χ4v) is 1.84. The summed E-state index contributed by atoms with van der Waals surface area (Å²) in [6.07, 6.45) is 7.63. The van der Waals surface area contributed by atoms with Gasteiger partial charge in [0.1, 0.15) is 0 Å². The number of benzene rings is 1. The summed E-state index contributed by atoms with van der Waals surface area (Å²) in [6.45, 7) is 0. The summed E-state index contributed by atoms with van der Waals surface area (Å²) in [5.41, 5.74) is 1.12. The number of rotatable bonds is 3. The largest absolute Gasteiger partial charge is 0.305 e. The molecule has 0 radical (unpaired) electrons. The molecule has 0 fully saturated rings. The Hall–Kier alpha value is -1.67. The first kappa shape index (κ1) is 11.8. The maximum absolute atomic E-state index is 12.0. The first-order chi connectivity index (χ1) is 8.16.